The zero-order valence-electron chi connectivity index (χ0n) is 10.6. The predicted molar refractivity (Wildman–Crippen MR) is 63.6 cm³/mol. The molecule has 0 bridgehead atoms. The van der Waals surface area contributed by atoms with E-state index in [1.807, 2.05) is 18.7 Å². The molecule has 0 aromatic heterocycles. The van der Waals surface area contributed by atoms with E-state index >= 15 is 0 Å². The number of rotatable bonds is 4. The SMILES string of the molecule is CCC1CCN(C(=O)C(C#N)(CC)CC)C1. The summed E-state index contributed by atoms with van der Waals surface area (Å²) in [5.41, 5.74) is -0.775. The molecule has 1 fully saturated rings. The second kappa shape index (κ2) is 5.34. The van der Waals surface area contributed by atoms with Crippen LogP contribution in [-0.4, -0.2) is 23.9 Å². The van der Waals surface area contributed by atoms with Crippen molar-refractivity contribution in [1.29, 1.82) is 5.26 Å². The molecule has 0 aromatic rings. The molecule has 3 nitrogen and oxygen atoms in total. The van der Waals surface area contributed by atoms with Crippen LogP contribution in [0.4, 0.5) is 0 Å². The molecular formula is C13H22N2O. The van der Waals surface area contributed by atoms with Gasteiger partial charge in [-0.25, -0.2) is 0 Å². The molecule has 1 unspecified atom stereocenters. The number of likely N-dealkylation sites (tertiary alicyclic amines) is 1. The highest BCUT2D eigenvalue weighted by molar-refractivity contribution is 5.85. The molecule has 1 aliphatic rings. The lowest BCUT2D eigenvalue weighted by Crippen LogP contribution is -2.41. The van der Waals surface area contributed by atoms with Crippen LogP contribution in [0, 0.1) is 22.7 Å². The molecule has 0 aliphatic carbocycles. The van der Waals surface area contributed by atoms with E-state index in [2.05, 4.69) is 13.0 Å². The van der Waals surface area contributed by atoms with Crippen molar-refractivity contribution < 1.29 is 4.79 Å². The van der Waals surface area contributed by atoms with E-state index in [1.165, 1.54) is 0 Å². The summed E-state index contributed by atoms with van der Waals surface area (Å²) in [6, 6.07) is 2.23. The number of nitrogens with zero attached hydrogens (tertiary/aromatic N) is 2. The first-order chi connectivity index (χ1) is 7.63. The van der Waals surface area contributed by atoms with Crippen molar-refractivity contribution in [3.63, 3.8) is 0 Å². The molecule has 0 saturated carbocycles. The summed E-state index contributed by atoms with van der Waals surface area (Å²) in [7, 11) is 0. The van der Waals surface area contributed by atoms with E-state index in [0.717, 1.165) is 25.9 Å². The van der Waals surface area contributed by atoms with Gasteiger partial charge in [-0.05, 0) is 25.2 Å². The van der Waals surface area contributed by atoms with Gasteiger partial charge in [-0.3, -0.25) is 4.79 Å². The van der Waals surface area contributed by atoms with Gasteiger partial charge in [0.15, 0.2) is 0 Å². The average molecular weight is 222 g/mol. The van der Waals surface area contributed by atoms with Crippen LogP contribution in [0.1, 0.15) is 46.5 Å². The van der Waals surface area contributed by atoms with E-state index in [4.69, 9.17) is 0 Å². The van der Waals surface area contributed by atoms with Gasteiger partial charge in [0.2, 0.25) is 5.91 Å². The first-order valence-electron chi connectivity index (χ1n) is 6.34. The van der Waals surface area contributed by atoms with Gasteiger partial charge in [0.05, 0.1) is 6.07 Å². The number of amides is 1. The molecule has 1 saturated heterocycles. The zero-order valence-corrected chi connectivity index (χ0v) is 10.6. The molecule has 1 rings (SSSR count). The summed E-state index contributed by atoms with van der Waals surface area (Å²) in [6.07, 6.45) is 3.46. The minimum Gasteiger partial charge on any atom is -0.341 e. The Labute approximate surface area is 98.4 Å². The van der Waals surface area contributed by atoms with E-state index < -0.39 is 5.41 Å². The number of nitriles is 1. The molecule has 0 radical (unpaired) electrons. The second-order valence-corrected chi connectivity index (χ2v) is 4.72. The lowest BCUT2D eigenvalue weighted by molar-refractivity contribution is -0.138. The first kappa shape index (κ1) is 13.0. The fourth-order valence-electron chi connectivity index (χ4n) is 2.41. The lowest BCUT2D eigenvalue weighted by atomic mass is 9.82. The normalized spacial score (nSPS) is 20.9. The Morgan fingerprint density at radius 3 is 2.44 bits per heavy atom. The van der Waals surface area contributed by atoms with Gasteiger partial charge < -0.3 is 4.90 Å². The third-order valence-corrected chi connectivity index (χ3v) is 3.98. The number of hydrogen-bond donors (Lipinski definition) is 0. The molecule has 0 N–H and O–H groups in total. The van der Waals surface area contributed by atoms with Crippen LogP contribution in [0.25, 0.3) is 0 Å². The largest absolute Gasteiger partial charge is 0.341 e. The van der Waals surface area contributed by atoms with Crippen molar-refractivity contribution in [1.82, 2.24) is 4.90 Å². The first-order valence-corrected chi connectivity index (χ1v) is 6.34. The molecule has 1 amide bonds. The van der Waals surface area contributed by atoms with Crippen LogP contribution in [0.15, 0.2) is 0 Å². The third kappa shape index (κ3) is 2.21. The maximum atomic E-state index is 12.3. The lowest BCUT2D eigenvalue weighted by Gasteiger charge is -2.28. The fourth-order valence-corrected chi connectivity index (χ4v) is 2.41. The number of carbonyl (C=O) groups excluding carboxylic acids is 1. The van der Waals surface area contributed by atoms with Gasteiger partial charge >= 0.3 is 0 Å². The van der Waals surface area contributed by atoms with E-state index in [1.54, 1.807) is 0 Å². The van der Waals surface area contributed by atoms with Crippen LogP contribution in [-0.2, 0) is 4.79 Å². The highest BCUT2D eigenvalue weighted by Gasteiger charge is 2.40. The third-order valence-electron chi connectivity index (χ3n) is 3.98. The quantitative estimate of drug-likeness (QED) is 0.733. The van der Waals surface area contributed by atoms with Gasteiger partial charge in [0.1, 0.15) is 5.41 Å². The smallest absolute Gasteiger partial charge is 0.243 e. The van der Waals surface area contributed by atoms with Gasteiger partial charge in [0.25, 0.3) is 0 Å². The Hall–Kier alpha value is -1.04. The summed E-state index contributed by atoms with van der Waals surface area (Å²) in [5.74, 6) is 0.685. The molecule has 16 heavy (non-hydrogen) atoms. The van der Waals surface area contributed by atoms with Crippen molar-refractivity contribution in [2.45, 2.75) is 46.5 Å². The van der Waals surface area contributed by atoms with E-state index in [0.29, 0.717) is 18.8 Å². The summed E-state index contributed by atoms with van der Waals surface area (Å²) >= 11 is 0. The Kier molecular flexibility index (Phi) is 4.35. The van der Waals surface area contributed by atoms with Crippen molar-refractivity contribution in [2.75, 3.05) is 13.1 Å². The topological polar surface area (TPSA) is 44.1 Å². The molecule has 0 spiro atoms. The maximum absolute atomic E-state index is 12.3. The number of hydrogen-bond acceptors (Lipinski definition) is 2. The Morgan fingerprint density at radius 2 is 2.06 bits per heavy atom. The molecule has 1 aliphatic heterocycles. The van der Waals surface area contributed by atoms with Gasteiger partial charge in [-0.15, -0.1) is 0 Å². The van der Waals surface area contributed by atoms with Crippen molar-refractivity contribution in [3.8, 4) is 6.07 Å². The monoisotopic (exact) mass is 222 g/mol. The average Bonchev–Trinajstić information content (AvgIpc) is 2.80. The van der Waals surface area contributed by atoms with Crippen LogP contribution in [0.3, 0.4) is 0 Å². The second-order valence-electron chi connectivity index (χ2n) is 4.72. The summed E-state index contributed by atoms with van der Waals surface area (Å²) in [6.45, 7) is 7.70. The summed E-state index contributed by atoms with van der Waals surface area (Å²) in [4.78, 5) is 14.2. The minimum absolute atomic E-state index is 0.0518. The molecular weight excluding hydrogens is 200 g/mol. The fraction of sp³-hybridized carbons (Fsp3) is 0.846. The van der Waals surface area contributed by atoms with Crippen LogP contribution in [0.2, 0.25) is 0 Å². The molecule has 1 heterocycles. The van der Waals surface area contributed by atoms with Crippen molar-refractivity contribution in [2.24, 2.45) is 11.3 Å². The Bertz CT molecular complexity index is 289. The molecule has 0 aromatic carbocycles. The Morgan fingerprint density at radius 1 is 1.44 bits per heavy atom. The van der Waals surface area contributed by atoms with Crippen LogP contribution < -0.4 is 0 Å². The standard InChI is InChI=1S/C13H22N2O/c1-4-11-7-8-15(9-11)12(16)13(5-2,6-3)10-14/h11H,4-9H2,1-3H3. The minimum atomic E-state index is -0.775. The molecule has 1 atom stereocenters. The predicted octanol–water partition coefficient (Wildman–Crippen LogP) is 2.57. The van der Waals surface area contributed by atoms with Crippen molar-refractivity contribution >= 4 is 5.91 Å². The highest BCUT2D eigenvalue weighted by Crippen LogP contribution is 2.31. The van der Waals surface area contributed by atoms with Gasteiger partial charge in [-0.1, -0.05) is 27.2 Å². The van der Waals surface area contributed by atoms with Crippen molar-refractivity contribution in [3.05, 3.63) is 0 Å². The number of carbonyl (C=O) groups is 1. The van der Waals surface area contributed by atoms with E-state index in [-0.39, 0.29) is 5.91 Å². The molecule has 90 valence electrons. The van der Waals surface area contributed by atoms with Crippen LogP contribution >= 0.6 is 0 Å². The van der Waals surface area contributed by atoms with Gasteiger partial charge in [-0.2, -0.15) is 5.26 Å². The highest BCUT2D eigenvalue weighted by atomic mass is 16.2. The van der Waals surface area contributed by atoms with Gasteiger partial charge in [0, 0.05) is 13.1 Å². The summed E-state index contributed by atoms with van der Waals surface area (Å²) < 4.78 is 0. The van der Waals surface area contributed by atoms with Crippen LogP contribution in [0.5, 0.6) is 0 Å². The molecule has 3 heteroatoms. The maximum Gasteiger partial charge on any atom is 0.243 e. The Balaban J connectivity index is 2.74. The van der Waals surface area contributed by atoms with E-state index in [9.17, 15) is 10.1 Å². The summed E-state index contributed by atoms with van der Waals surface area (Å²) in [5, 5.41) is 9.23. The zero-order chi connectivity index (χ0) is 12.2.